The molecule has 0 aromatic heterocycles. The molecule has 1 unspecified atom stereocenters. The molecule has 12 aromatic carbocycles. The van der Waals surface area contributed by atoms with Crippen LogP contribution >= 0.6 is 0 Å². The summed E-state index contributed by atoms with van der Waals surface area (Å²) in [4.78, 5) is 4.93. The lowest BCUT2D eigenvalue weighted by Gasteiger charge is -2.34. The summed E-state index contributed by atoms with van der Waals surface area (Å²) in [7, 11) is 0. The van der Waals surface area contributed by atoms with E-state index in [4.69, 9.17) is 0 Å². The van der Waals surface area contributed by atoms with Crippen LogP contribution in [0.2, 0.25) is 0 Å². The minimum atomic E-state index is -0.618. The largest absolute Gasteiger partial charge is 0.310 e. The lowest BCUT2D eigenvalue weighted by atomic mass is 9.70. The molecule has 0 saturated carbocycles. The van der Waals surface area contributed by atoms with Crippen molar-refractivity contribution in [1.82, 2.24) is 0 Å². The van der Waals surface area contributed by atoms with Crippen molar-refractivity contribution in [2.45, 2.75) is 5.41 Å². The number of hydrogen-bond donors (Lipinski definition) is 0. The van der Waals surface area contributed by atoms with Gasteiger partial charge in [0.15, 0.2) is 0 Å². The van der Waals surface area contributed by atoms with Crippen LogP contribution in [0.15, 0.2) is 291 Å². The molecule has 2 nitrogen and oxygen atoms in total. The maximum Gasteiger partial charge on any atom is 0.0727 e. The van der Waals surface area contributed by atoms with Crippen LogP contribution in [0.4, 0.5) is 34.1 Å². The van der Waals surface area contributed by atoms with Crippen molar-refractivity contribution in [2.75, 3.05) is 9.80 Å². The third-order valence-electron chi connectivity index (χ3n) is 15.3. The van der Waals surface area contributed by atoms with E-state index in [1.54, 1.807) is 0 Å². The van der Waals surface area contributed by atoms with Gasteiger partial charge in [0.1, 0.15) is 0 Å². The summed E-state index contributed by atoms with van der Waals surface area (Å²) in [5, 5.41) is 2.39. The molecule has 12 aromatic rings. The second kappa shape index (κ2) is 17.4. The number of benzene rings is 12. The molecule has 0 aliphatic heterocycles. The summed E-state index contributed by atoms with van der Waals surface area (Å²) in [5.41, 5.74) is 23.4. The number of nitrogens with zero attached hydrogens (tertiary/aromatic N) is 2. The zero-order chi connectivity index (χ0) is 48.3. The standard InChI is InChI=1S/C71H48N2/c1-5-19-49(20-6-1)51-33-38-56(39-34-51)72(57-40-35-52(36-41-57)50-21-7-2-8-22-50)58-42-45-64-62-29-15-17-31-66(62)71(68(64)47-58)67-32-18-16-30-63(67)65-46-43-59(48-69(65)71)73(55-26-11-4-12-27-55)70-60-28-14-13-25-54(60)37-44-61(70)53-23-9-3-10-24-53/h1-48H. The second-order valence-electron chi connectivity index (χ2n) is 19.2. The molecule has 0 bridgehead atoms. The topological polar surface area (TPSA) is 6.48 Å². The summed E-state index contributed by atoms with van der Waals surface area (Å²) in [5.74, 6) is 0. The Kier molecular flexibility index (Phi) is 10.1. The molecule has 0 radical (unpaired) electrons. The van der Waals surface area contributed by atoms with Gasteiger partial charge in [0.25, 0.3) is 0 Å². The summed E-state index contributed by atoms with van der Waals surface area (Å²) in [6.07, 6.45) is 0. The monoisotopic (exact) mass is 928 g/mol. The van der Waals surface area contributed by atoms with Crippen molar-refractivity contribution in [3.05, 3.63) is 313 Å². The van der Waals surface area contributed by atoms with Gasteiger partial charge in [-0.25, -0.2) is 0 Å². The average molecular weight is 929 g/mol. The van der Waals surface area contributed by atoms with E-state index in [1.807, 2.05) is 0 Å². The summed E-state index contributed by atoms with van der Waals surface area (Å²) in [6.45, 7) is 0. The molecule has 0 N–H and O–H groups in total. The van der Waals surface area contributed by atoms with E-state index in [1.165, 1.54) is 88.7 Å². The zero-order valence-corrected chi connectivity index (χ0v) is 40.1. The highest BCUT2D eigenvalue weighted by Crippen LogP contribution is 2.64. The number of hydrogen-bond acceptors (Lipinski definition) is 2. The van der Waals surface area contributed by atoms with Crippen LogP contribution in [0.3, 0.4) is 0 Å². The Morgan fingerprint density at radius 2 is 0.589 bits per heavy atom. The maximum absolute atomic E-state index is 2.51. The van der Waals surface area contributed by atoms with Crippen molar-refractivity contribution in [2.24, 2.45) is 0 Å². The van der Waals surface area contributed by atoms with E-state index in [0.29, 0.717) is 0 Å². The Labute approximate surface area is 427 Å². The third kappa shape index (κ3) is 6.87. The molecule has 2 aliphatic rings. The molecular weight excluding hydrogens is 881 g/mol. The first-order valence-corrected chi connectivity index (χ1v) is 25.2. The van der Waals surface area contributed by atoms with E-state index in [9.17, 15) is 0 Å². The van der Waals surface area contributed by atoms with Gasteiger partial charge in [-0.1, -0.05) is 231 Å². The fraction of sp³-hybridized carbons (Fsp3) is 0.0141. The number of anilines is 6. The van der Waals surface area contributed by atoms with Crippen molar-refractivity contribution in [1.29, 1.82) is 0 Å². The third-order valence-corrected chi connectivity index (χ3v) is 15.3. The Hall–Kier alpha value is -9.50. The van der Waals surface area contributed by atoms with Crippen molar-refractivity contribution >= 4 is 44.9 Å². The smallest absolute Gasteiger partial charge is 0.0727 e. The number of rotatable bonds is 9. The molecule has 0 amide bonds. The Balaban J connectivity index is 1.00. The van der Waals surface area contributed by atoms with Gasteiger partial charge in [-0.05, 0) is 138 Å². The predicted molar refractivity (Wildman–Crippen MR) is 306 cm³/mol. The van der Waals surface area contributed by atoms with Gasteiger partial charge >= 0.3 is 0 Å². The normalized spacial score (nSPS) is 13.8. The Morgan fingerprint density at radius 3 is 1.12 bits per heavy atom. The Morgan fingerprint density at radius 1 is 0.219 bits per heavy atom. The first kappa shape index (κ1) is 42.4. The molecular formula is C71H48N2. The zero-order valence-electron chi connectivity index (χ0n) is 40.1. The molecule has 2 aliphatic carbocycles. The summed E-state index contributed by atoms with van der Waals surface area (Å²) >= 11 is 0. The van der Waals surface area contributed by atoms with Gasteiger partial charge in [0.05, 0.1) is 11.1 Å². The molecule has 73 heavy (non-hydrogen) atoms. The number of para-hydroxylation sites is 1. The van der Waals surface area contributed by atoms with Crippen LogP contribution in [-0.2, 0) is 5.41 Å². The molecule has 0 heterocycles. The highest BCUT2D eigenvalue weighted by Gasteiger charge is 2.52. The highest BCUT2D eigenvalue weighted by atomic mass is 15.2. The first-order valence-electron chi connectivity index (χ1n) is 25.2. The van der Waals surface area contributed by atoms with E-state index in [-0.39, 0.29) is 0 Å². The summed E-state index contributed by atoms with van der Waals surface area (Å²) in [6, 6.07) is 107. The summed E-state index contributed by atoms with van der Waals surface area (Å²) < 4.78 is 0. The Bertz CT molecular complexity index is 3900. The van der Waals surface area contributed by atoms with E-state index < -0.39 is 5.41 Å². The second-order valence-corrected chi connectivity index (χ2v) is 19.2. The van der Waals surface area contributed by atoms with Crippen LogP contribution in [-0.4, -0.2) is 0 Å². The van der Waals surface area contributed by atoms with E-state index in [2.05, 4.69) is 301 Å². The van der Waals surface area contributed by atoms with E-state index in [0.717, 1.165) is 34.1 Å². The van der Waals surface area contributed by atoms with Crippen LogP contribution < -0.4 is 9.80 Å². The molecule has 1 spiro atoms. The SMILES string of the molecule is c1ccc(-c2ccc(N(c3ccc(-c4ccccc4)cc3)c3ccc4c(c3)C3(c5ccccc5-4)c4ccccc4-c4ccc(N(c5ccccc5)c5c(-c6ccccc6)ccc6ccccc56)cc43)cc2)cc1. The van der Waals surface area contributed by atoms with Crippen LogP contribution in [0.5, 0.6) is 0 Å². The fourth-order valence-corrected chi connectivity index (χ4v) is 12.0. The lowest BCUT2D eigenvalue weighted by Crippen LogP contribution is -2.26. The fourth-order valence-electron chi connectivity index (χ4n) is 12.0. The molecule has 2 heteroatoms. The number of fused-ring (bicyclic) bond motifs is 11. The lowest BCUT2D eigenvalue weighted by molar-refractivity contribution is 0.793. The van der Waals surface area contributed by atoms with Crippen molar-refractivity contribution in [3.8, 4) is 55.6 Å². The minimum absolute atomic E-state index is 0.618. The molecule has 14 rings (SSSR count). The quantitative estimate of drug-likeness (QED) is 0.142. The predicted octanol–water partition coefficient (Wildman–Crippen LogP) is 19.1. The molecule has 1 atom stereocenters. The van der Waals surface area contributed by atoms with Crippen LogP contribution in [0, 0.1) is 0 Å². The molecule has 342 valence electrons. The van der Waals surface area contributed by atoms with Gasteiger partial charge in [-0.2, -0.15) is 0 Å². The van der Waals surface area contributed by atoms with E-state index >= 15 is 0 Å². The van der Waals surface area contributed by atoms with Crippen LogP contribution in [0.25, 0.3) is 66.4 Å². The first-order chi connectivity index (χ1) is 36.2. The van der Waals surface area contributed by atoms with Crippen LogP contribution in [0.1, 0.15) is 22.3 Å². The van der Waals surface area contributed by atoms with Crippen molar-refractivity contribution in [3.63, 3.8) is 0 Å². The van der Waals surface area contributed by atoms with Gasteiger partial charge in [-0.15, -0.1) is 0 Å². The average Bonchev–Trinajstić information content (AvgIpc) is 3.94. The molecule has 0 fully saturated rings. The van der Waals surface area contributed by atoms with Gasteiger partial charge in [-0.3, -0.25) is 0 Å². The van der Waals surface area contributed by atoms with Crippen molar-refractivity contribution < 1.29 is 0 Å². The highest BCUT2D eigenvalue weighted by molar-refractivity contribution is 6.07. The van der Waals surface area contributed by atoms with Gasteiger partial charge < -0.3 is 9.80 Å². The maximum atomic E-state index is 2.51. The van der Waals surface area contributed by atoms with Gasteiger partial charge in [0.2, 0.25) is 0 Å². The molecule has 0 saturated heterocycles. The van der Waals surface area contributed by atoms with Gasteiger partial charge in [0, 0.05) is 39.4 Å². The minimum Gasteiger partial charge on any atom is -0.310 e.